The molecule has 3 rings (SSSR count). The first-order chi connectivity index (χ1) is 8.83. The number of anilines is 1. The van der Waals surface area contributed by atoms with Crippen LogP contribution in [0.15, 0.2) is 42.7 Å². The number of phenolic OH excluding ortho intramolecular Hbond substituents is 1. The predicted octanol–water partition coefficient (Wildman–Crippen LogP) is 3.28. The summed E-state index contributed by atoms with van der Waals surface area (Å²) >= 11 is 0. The van der Waals surface area contributed by atoms with E-state index in [1.165, 1.54) is 11.1 Å². The van der Waals surface area contributed by atoms with Gasteiger partial charge in [0, 0.05) is 12.4 Å². The fraction of sp³-hybridized carbons (Fsp3) is 0.267. The lowest BCUT2D eigenvalue weighted by Crippen LogP contribution is -2.17. The maximum Gasteiger partial charge on any atom is 0.115 e. The van der Waals surface area contributed by atoms with Gasteiger partial charge in [-0.15, -0.1) is 0 Å². The normalized spacial score (nSPS) is 18.1. The van der Waals surface area contributed by atoms with Crippen LogP contribution in [0.25, 0.3) is 0 Å². The zero-order valence-corrected chi connectivity index (χ0v) is 10.1. The minimum Gasteiger partial charge on any atom is -0.508 e. The molecule has 1 aliphatic rings. The van der Waals surface area contributed by atoms with Crippen LogP contribution in [0, 0.1) is 0 Å². The predicted molar refractivity (Wildman–Crippen MR) is 71.6 cm³/mol. The Hall–Kier alpha value is -2.03. The molecule has 1 aliphatic carbocycles. The third kappa shape index (κ3) is 2.16. The van der Waals surface area contributed by atoms with Crippen LogP contribution in [-0.2, 0) is 6.42 Å². The highest BCUT2D eigenvalue weighted by Crippen LogP contribution is 2.33. The van der Waals surface area contributed by atoms with Crippen molar-refractivity contribution in [2.45, 2.75) is 25.3 Å². The van der Waals surface area contributed by atoms with Crippen molar-refractivity contribution in [3.63, 3.8) is 0 Å². The van der Waals surface area contributed by atoms with Gasteiger partial charge in [-0.25, -0.2) is 0 Å². The van der Waals surface area contributed by atoms with E-state index in [1.807, 2.05) is 30.5 Å². The van der Waals surface area contributed by atoms with Crippen LogP contribution in [0.4, 0.5) is 5.69 Å². The quantitative estimate of drug-likeness (QED) is 0.846. The van der Waals surface area contributed by atoms with E-state index in [-0.39, 0.29) is 0 Å². The Kier molecular flexibility index (Phi) is 2.89. The van der Waals surface area contributed by atoms with Gasteiger partial charge in [0.05, 0.1) is 11.7 Å². The molecule has 0 radical (unpaired) electrons. The van der Waals surface area contributed by atoms with Crippen molar-refractivity contribution < 1.29 is 5.11 Å². The van der Waals surface area contributed by atoms with Gasteiger partial charge in [0.2, 0.25) is 0 Å². The highest BCUT2D eigenvalue weighted by atomic mass is 16.3. The van der Waals surface area contributed by atoms with E-state index in [0.29, 0.717) is 11.8 Å². The fourth-order valence-corrected chi connectivity index (χ4v) is 2.60. The Morgan fingerprint density at radius 3 is 3.06 bits per heavy atom. The van der Waals surface area contributed by atoms with E-state index in [1.54, 1.807) is 12.3 Å². The summed E-state index contributed by atoms with van der Waals surface area (Å²) < 4.78 is 0. The maximum atomic E-state index is 9.53. The number of hydrogen-bond donors (Lipinski definition) is 2. The van der Waals surface area contributed by atoms with Crippen molar-refractivity contribution in [3.8, 4) is 5.75 Å². The second-order valence-electron chi connectivity index (χ2n) is 4.71. The largest absolute Gasteiger partial charge is 0.508 e. The first-order valence-electron chi connectivity index (χ1n) is 6.31. The van der Waals surface area contributed by atoms with E-state index in [9.17, 15) is 5.11 Å². The van der Waals surface area contributed by atoms with Gasteiger partial charge in [0.15, 0.2) is 0 Å². The third-order valence-electron chi connectivity index (χ3n) is 3.44. The molecule has 1 heterocycles. The summed E-state index contributed by atoms with van der Waals surface area (Å²) in [6, 6.07) is 9.95. The molecule has 1 aromatic carbocycles. The average molecular weight is 240 g/mol. The van der Waals surface area contributed by atoms with Crippen LogP contribution in [-0.4, -0.2) is 10.1 Å². The number of nitrogens with zero attached hydrogens (tertiary/aromatic N) is 1. The van der Waals surface area contributed by atoms with Crippen LogP contribution in [0.5, 0.6) is 5.75 Å². The van der Waals surface area contributed by atoms with E-state index in [2.05, 4.69) is 10.3 Å². The van der Waals surface area contributed by atoms with Crippen LogP contribution < -0.4 is 5.32 Å². The minimum absolute atomic E-state index is 0.318. The summed E-state index contributed by atoms with van der Waals surface area (Å²) in [7, 11) is 0. The Balaban J connectivity index is 1.87. The number of fused-ring (bicyclic) bond motifs is 1. The van der Waals surface area contributed by atoms with Crippen LogP contribution >= 0.6 is 0 Å². The number of hydrogen-bond acceptors (Lipinski definition) is 3. The van der Waals surface area contributed by atoms with Crippen LogP contribution in [0.2, 0.25) is 0 Å². The molecule has 0 aliphatic heterocycles. The Bertz CT molecular complexity index is 539. The summed E-state index contributed by atoms with van der Waals surface area (Å²) in [5, 5.41) is 13.0. The summed E-state index contributed by atoms with van der Waals surface area (Å²) in [5.74, 6) is 0.357. The van der Waals surface area contributed by atoms with Crippen LogP contribution in [0.1, 0.15) is 30.0 Å². The molecule has 18 heavy (non-hydrogen) atoms. The summed E-state index contributed by atoms with van der Waals surface area (Å²) in [6.45, 7) is 0. The number of rotatable bonds is 2. The van der Waals surface area contributed by atoms with Crippen molar-refractivity contribution in [2.75, 3.05) is 5.32 Å². The van der Waals surface area contributed by atoms with E-state index in [4.69, 9.17) is 0 Å². The lowest BCUT2D eigenvalue weighted by atomic mass is 9.87. The molecule has 0 fully saturated rings. The molecular weight excluding hydrogens is 224 g/mol. The maximum absolute atomic E-state index is 9.53. The molecule has 1 aromatic heterocycles. The molecule has 92 valence electrons. The molecular formula is C15H16N2O. The molecule has 3 heteroatoms. The molecule has 0 spiro atoms. The average Bonchev–Trinajstić information content (AvgIpc) is 2.40. The first-order valence-corrected chi connectivity index (χ1v) is 6.31. The number of phenols is 1. The number of aryl methyl sites for hydroxylation is 1. The fourth-order valence-electron chi connectivity index (χ4n) is 2.60. The molecule has 2 aromatic rings. The highest BCUT2D eigenvalue weighted by Gasteiger charge is 2.20. The smallest absolute Gasteiger partial charge is 0.115 e. The summed E-state index contributed by atoms with van der Waals surface area (Å²) in [5.41, 5.74) is 3.59. The molecule has 3 nitrogen and oxygen atoms in total. The van der Waals surface area contributed by atoms with Gasteiger partial charge >= 0.3 is 0 Å². The third-order valence-corrected chi connectivity index (χ3v) is 3.44. The zero-order chi connectivity index (χ0) is 12.4. The monoisotopic (exact) mass is 240 g/mol. The minimum atomic E-state index is 0.318. The number of benzene rings is 1. The Morgan fingerprint density at radius 1 is 1.28 bits per heavy atom. The number of nitrogens with one attached hydrogen (secondary N) is 1. The second-order valence-corrected chi connectivity index (χ2v) is 4.71. The lowest BCUT2D eigenvalue weighted by Gasteiger charge is -2.27. The van der Waals surface area contributed by atoms with Gasteiger partial charge in [-0.3, -0.25) is 4.98 Å². The highest BCUT2D eigenvalue weighted by molar-refractivity contribution is 5.46. The first kappa shape index (κ1) is 11.1. The van der Waals surface area contributed by atoms with E-state index >= 15 is 0 Å². The van der Waals surface area contributed by atoms with Crippen molar-refractivity contribution in [1.29, 1.82) is 0 Å². The van der Waals surface area contributed by atoms with Gasteiger partial charge in [0.1, 0.15) is 5.75 Å². The van der Waals surface area contributed by atoms with Crippen molar-refractivity contribution in [1.82, 2.24) is 4.98 Å². The summed E-state index contributed by atoms with van der Waals surface area (Å²) in [4.78, 5) is 4.12. The van der Waals surface area contributed by atoms with Gasteiger partial charge < -0.3 is 10.4 Å². The van der Waals surface area contributed by atoms with E-state index < -0.39 is 0 Å². The van der Waals surface area contributed by atoms with Gasteiger partial charge in [-0.1, -0.05) is 6.07 Å². The van der Waals surface area contributed by atoms with Crippen molar-refractivity contribution in [3.05, 3.63) is 53.9 Å². The molecule has 1 atom stereocenters. The molecule has 2 N–H and O–H groups in total. The molecule has 0 bridgehead atoms. The Labute approximate surface area is 107 Å². The number of aromatic nitrogens is 1. The van der Waals surface area contributed by atoms with Gasteiger partial charge in [-0.05, 0) is 54.7 Å². The molecule has 0 saturated carbocycles. The molecule has 1 unspecified atom stereocenters. The van der Waals surface area contributed by atoms with E-state index in [0.717, 1.165) is 24.9 Å². The number of pyridine rings is 1. The van der Waals surface area contributed by atoms with Crippen molar-refractivity contribution in [2.24, 2.45) is 0 Å². The van der Waals surface area contributed by atoms with Crippen molar-refractivity contribution >= 4 is 5.69 Å². The van der Waals surface area contributed by atoms with Gasteiger partial charge in [-0.2, -0.15) is 0 Å². The number of aromatic hydroxyl groups is 1. The lowest BCUT2D eigenvalue weighted by molar-refractivity contribution is 0.472. The zero-order valence-electron chi connectivity index (χ0n) is 10.1. The summed E-state index contributed by atoms with van der Waals surface area (Å²) in [6.07, 6.45) is 6.93. The van der Waals surface area contributed by atoms with Gasteiger partial charge in [0.25, 0.3) is 0 Å². The standard InChI is InChI=1S/C15H16N2O/c18-13-6-7-14-11(9-13)3-1-5-15(14)17-12-4-2-8-16-10-12/h2,4,6-10,15,17-18H,1,3,5H2. The van der Waals surface area contributed by atoms with Crippen LogP contribution in [0.3, 0.4) is 0 Å². The SMILES string of the molecule is Oc1ccc2c(c1)CCCC2Nc1cccnc1. The second kappa shape index (κ2) is 4.69. The topological polar surface area (TPSA) is 45.1 Å². The molecule has 0 amide bonds. The Morgan fingerprint density at radius 2 is 2.22 bits per heavy atom. The molecule has 0 saturated heterocycles.